The van der Waals surface area contributed by atoms with Crippen molar-refractivity contribution in [2.45, 2.75) is 194 Å². The first-order chi connectivity index (χ1) is 42.1. The van der Waals surface area contributed by atoms with Crippen molar-refractivity contribution in [2.75, 3.05) is 0 Å². The molecule has 0 N–H and O–H groups in total. The van der Waals surface area contributed by atoms with Crippen LogP contribution in [0, 0.1) is 35.1 Å². The van der Waals surface area contributed by atoms with Crippen molar-refractivity contribution < 1.29 is 42.4 Å². The van der Waals surface area contributed by atoms with Gasteiger partial charge in [-0.05, 0) is 210 Å². The Morgan fingerprint density at radius 3 is 0.640 bits per heavy atom. The fraction of sp³-hybridized carbons (Fsp3) is 0.294. The predicted molar refractivity (Wildman–Crippen MR) is 380 cm³/mol. The molecule has 10 aromatic carbocycles. The van der Waals surface area contributed by atoms with Gasteiger partial charge in [-0.3, -0.25) is 0 Å². The summed E-state index contributed by atoms with van der Waals surface area (Å²) in [7, 11) is -0.0891. The van der Waals surface area contributed by atoms with Crippen molar-refractivity contribution in [3.63, 3.8) is 0 Å². The molecule has 0 spiro atoms. The maximum Gasteiger partial charge on any atom is 0.357 e. The third-order valence-electron chi connectivity index (χ3n) is 16.6. The van der Waals surface area contributed by atoms with E-state index in [0.29, 0.717) is 0 Å². The maximum atomic E-state index is 2.34. The van der Waals surface area contributed by atoms with Crippen molar-refractivity contribution in [1.29, 1.82) is 0 Å². The second kappa shape index (κ2) is 32.1. The van der Waals surface area contributed by atoms with Gasteiger partial charge in [-0.25, -0.2) is 0 Å². The Balaban J connectivity index is 0.000000169. The van der Waals surface area contributed by atoms with E-state index in [2.05, 4.69) is 379 Å². The Hall–Kier alpha value is -5.64. The molecular weight excluding hydrogens is 1340 g/mol. The molecule has 0 nitrogen and oxygen atoms in total. The molecular formula is C85H100I2S2+4. The van der Waals surface area contributed by atoms with Gasteiger partial charge in [0.1, 0.15) is 0 Å². The zero-order chi connectivity index (χ0) is 64.6. The number of rotatable bonds is 14. The summed E-state index contributed by atoms with van der Waals surface area (Å²) in [5.41, 5.74) is 12.3. The van der Waals surface area contributed by atoms with E-state index in [1.807, 2.05) is 0 Å². The first-order valence-electron chi connectivity index (χ1n) is 31.7. The van der Waals surface area contributed by atoms with Crippen LogP contribution in [0.15, 0.2) is 284 Å². The molecule has 0 unspecified atom stereocenters. The highest BCUT2D eigenvalue weighted by molar-refractivity contribution is 7.97. The molecule has 0 aliphatic heterocycles. The molecule has 0 heterocycles. The van der Waals surface area contributed by atoms with E-state index in [1.165, 1.54) is 101 Å². The lowest BCUT2D eigenvalue weighted by Crippen LogP contribution is -3.61. The topological polar surface area (TPSA) is 0 Å². The predicted octanol–water partition coefficient (Wildman–Crippen LogP) is 17.4. The summed E-state index contributed by atoms with van der Waals surface area (Å²) >= 11 is -0.150. The minimum Gasteiger partial charge on any atom is -0.0646 e. The smallest absolute Gasteiger partial charge is 0.0646 e. The summed E-state index contributed by atoms with van der Waals surface area (Å²) in [5, 5.41) is 0. The van der Waals surface area contributed by atoms with Crippen LogP contribution in [0.2, 0.25) is 0 Å². The Labute approximate surface area is 566 Å². The maximum absolute atomic E-state index is 2.34. The molecule has 0 bridgehead atoms. The van der Waals surface area contributed by atoms with E-state index in [0.717, 1.165) is 0 Å². The van der Waals surface area contributed by atoms with E-state index in [-0.39, 0.29) is 91.3 Å². The van der Waals surface area contributed by atoms with E-state index in [9.17, 15) is 0 Å². The zero-order valence-corrected chi connectivity index (χ0v) is 62.7. The van der Waals surface area contributed by atoms with Crippen LogP contribution in [0.3, 0.4) is 0 Å². The SMILES string of the molecule is CC(C)(C)c1ccc([I+]c2ccc(C(C)(C)C)cc2)cc1.CC(C)(C)c1ccc([S+](c2ccccc2)c2ccccc2)cc1.CCC(C)(C)c1ccc([I+]c2ccc(C(C)(C)CC)cc2)cc1.Cc1ccc([S+](c2ccc(C)cc2)c2ccc(C)cc2)cc1. The largest absolute Gasteiger partial charge is 0.357 e. The number of halogens is 2. The Morgan fingerprint density at radius 2 is 0.427 bits per heavy atom. The van der Waals surface area contributed by atoms with Crippen molar-refractivity contribution in [1.82, 2.24) is 0 Å². The number of hydrogen-bond donors (Lipinski definition) is 0. The molecule has 0 amide bonds. The Kier molecular flexibility index (Phi) is 25.5. The summed E-state index contributed by atoms with van der Waals surface area (Å²) < 4.78 is 5.99. The molecule has 0 saturated heterocycles. The van der Waals surface area contributed by atoms with Gasteiger partial charge < -0.3 is 0 Å². The Bertz CT molecular complexity index is 3420. The van der Waals surface area contributed by atoms with Gasteiger partial charge in [0.2, 0.25) is 0 Å². The Morgan fingerprint density at radius 1 is 0.236 bits per heavy atom. The van der Waals surface area contributed by atoms with E-state index >= 15 is 0 Å². The monoisotopic (exact) mass is 1440 g/mol. The third kappa shape index (κ3) is 21.2. The molecule has 0 atom stereocenters. The summed E-state index contributed by atoms with van der Waals surface area (Å²) in [5.74, 6) is 0. The highest BCUT2D eigenvalue weighted by Crippen LogP contribution is 2.35. The summed E-state index contributed by atoms with van der Waals surface area (Å²) in [6.45, 7) is 40.6. The molecule has 0 fully saturated rings. The van der Waals surface area contributed by atoms with E-state index < -0.39 is 0 Å². The average Bonchev–Trinajstić information content (AvgIpc) is 2.32. The van der Waals surface area contributed by atoms with Crippen molar-refractivity contribution in [3.05, 3.63) is 314 Å². The van der Waals surface area contributed by atoms with Gasteiger partial charge in [-0.2, -0.15) is 0 Å². The quantitative estimate of drug-likeness (QED) is 0.0752. The molecule has 10 aromatic rings. The molecule has 10 rings (SSSR count). The molecule has 0 aliphatic rings. The summed E-state index contributed by atoms with van der Waals surface area (Å²) in [4.78, 5) is 8.22. The van der Waals surface area contributed by atoms with E-state index in [4.69, 9.17) is 0 Å². The minimum absolute atomic E-state index is 0.0394. The summed E-state index contributed by atoms with van der Waals surface area (Å²) in [6.07, 6.45) is 2.35. The lowest BCUT2D eigenvalue weighted by Gasteiger charge is -2.23. The highest BCUT2D eigenvalue weighted by atomic mass is 127. The van der Waals surface area contributed by atoms with Gasteiger partial charge in [-0.1, -0.05) is 254 Å². The van der Waals surface area contributed by atoms with Crippen molar-refractivity contribution >= 4 is 21.8 Å². The van der Waals surface area contributed by atoms with Crippen LogP contribution in [-0.2, 0) is 48.9 Å². The zero-order valence-electron chi connectivity index (χ0n) is 56.7. The average molecular weight is 1440 g/mol. The molecule has 462 valence electrons. The molecule has 0 aromatic heterocycles. The van der Waals surface area contributed by atoms with Gasteiger partial charge in [0, 0.05) is 0 Å². The van der Waals surface area contributed by atoms with Crippen LogP contribution in [0.1, 0.15) is 161 Å². The van der Waals surface area contributed by atoms with Crippen LogP contribution >= 0.6 is 0 Å². The molecule has 0 radical (unpaired) electrons. The van der Waals surface area contributed by atoms with Crippen LogP contribution in [0.5, 0.6) is 0 Å². The fourth-order valence-corrected chi connectivity index (χ4v) is 18.1. The highest BCUT2D eigenvalue weighted by Gasteiger charge is 2.31. The van der Waals surface area contributed by atoms with Crippen molar-refractivity contribution in [3.8, 4) is 0 Å². The minimum atomic E-state index is -0.0793. The van der Waals surface area contributed by atoms with Gasteiger partial charge in [0.15, 0.2) is 43.7 Å². The third-order valence-corrected chi connectivity index (χ3v) is 26.4. The number of benzene rings is 10. The number of aryl methyl sites for hydroxylation is 3. The van der Waals surface area contributed by atoms with Crippen LogP contribution in [-0.4, -0.2) is 0 Å². The first kappa shape index (κ1) is 70.8. The molecule has 0 saturated carbocycles. The second-order valence-corrected chi connectivity index (χ2v) is 37.8. The van der Waals surface area contributed by atoms with E-state index in [1.54, 1.807) is 0 Å². The van der Waals surface area contributed by atoms with Crippen LogP contribution in [0.4, 0.5) is 0 Å². The molecule has 4 heteroatoms. The fourth-order valence-electron chi connectivity index (χ4n) is 9.66. The normalized spacial score (nSPS) is 11.9. The molecule has 89 heavy (non-hydrogen) atoms. The standard InChI is InChI=1S/C22H30I.C22H23S.C21H21S.C20H26I/c1-7-21(3,4)17-9-13-19(14-10-17)23-20-15-11-18(12-16-20)22(5,6)8-2;1-22(2,3)18-14-16-21(17-15-18)23(19-10-6-4-7-11-19)20-12-8-5-9-13-20;1-16-4-10-19(11-5-16)22(20-12-6-17(2)7-13-20)21-14-8-18(3)9-15-21;1-19(2,3)15-7-11-17(12-8-15)21-18-13-9-16(10-14-18)20(4,5)6/h9-16H,7-8H2,1-6H3;4-17H,1-3H3;4-15H,1-3H3;7-14H,1-6H3/q4*+1. The second-order valence-electron chi connectivity index (χ2n) is 27.6. The van der Waals surface area contributed by atoms with Crippen LogP contribution < -0.4 is 42.4 Å². The lowest BCUT2D eigenvalue weighted by molar-refractivity contribution is -0.597. The first-order valence-corrected chi connectivity index (χ1v) is 38.5. The summed E-state index contributed by atoms with van der Waals surface area (Å²) in [6, 6.07) is 94.6. The van der Waals surface area contributed by atoms with Gasteiger partial charge >= 0.3 is 42.4 Å². The van der Waals surface area contributed by atoms with Crippen molar-refractivity contribution in [2.24, 2.45) is 0 Å². The van der Waals surface area contributed by atoms with Crippen LogP contribution in [0.25, 0.3) is 0 Å². The number of hydrogen-bond acceptors (Lipinski definition) is 0. The lowest BCUT2D eigenvalue weighted by atomic mass is 9.82. The van der Waals surface area contributed by atoms with Gasteiger partial charge in [0.05, 0.1) is 21.8 Å². The van der Waals surface area contributed by atoms with Gasteiger partial charge in [0.25, 0.3) is 0 Å². The molecule has 0 aliphatic carbocycles. The van der Waals surface area contributed by atoms with Gasteiger partial charge in [-0.15, -0.1) is 0 Å².